The Labute approximate surface area is 292 Å². The number of aromatic nitrogens is 6. The number of aliphatic hydroxyl groups excluding tert-OH is 1. The van der Waals surface area contributed by atoms with E-state index in [2.05, 4.69) is 11.1 Å². The lowest BCUT2D eigenvalue weighted by Gasteiger charge is -2.12. The largest absolute Gasteiger partial charge is 0.506 e. The number of esters is 1. The number of fused-ring (bicyclic) bond motifs is 2. The van der Waals surface area contributed by atoms with E-state index in [9.17, 15) is 15.0 Å². The van der Waals surface area contributed by atoms with Crippen LogP contribution in [-0.2, 0) is 49.6 Å². The Kier molecular flexibility index (Phi) is 10.1. The molecule has 0 aliphatic heterocycles. The summed E-state index contributed by atoms with van der Waals surface area (Å²) in [6.07, 6.45) is 2.73. The summed E-state index contributed by atoms with van der Waals surface area (Å²) in [4.78, 5) is 18.2. The van der Waals surface area contributed by atoms with Crippen molar-refractivity contribution in [3.8, 4) is 16.9 Å². The topological polar surface area (TPSA) is 120 Å². The third kappa shape index (κ3) is 6.41. The Morgan fingerprint density at radius 1 is 1.02 bits per heavy atom. The van der Waals surface area contributed by atoms with Gasteiger partial charge >= 0.3 is 5.97 Å². The van der Waals surface area contributed by atoms with Crippen LogP contribution < -0.4 is 0 Å². The van der Waals surface area contributed by atoms with Crippen LogP contribution in [0.5, 0.6) is 5.75 Å². The highest BCUT2D eigenvalue weighted by atomic mass is 35.5. The highest BCUT2D eigenvalue weighted by Crippen LogP contribution is 2.43. The van der Waals surface area contributed by atoms with Gasteiger partial charge in [0.05, 0.1) is 34.7 Å². The molecule has 0 saturated heterocycles. The number of phenolic OH excluding ortho intramolecular Hbond substituents is 1. The molecule has 0 atom stereocenters. The number of methoxy groups -OCH3 is 1. The number of carbonyl (C=O) groups is 1. The molecule has 4 aromatic heterocycles. The summed E-state index contributed by atoms with van der Waals surface area (Å²) in [6, 6.07) is 13.6. The molecule has 13 heteroatoms. The molecular weight excluding hydrogens is 668 g/mol. The Morgan fingerprint density at radius 2 is 1.83 bits per heavy atom. The summed E-state index contributed by atoms with van der Waals surface area (Å²) in [7, 11) is 7.12. The molecule has 0 fully saturated rings. The number of benzene rings is 2. The SMILES string of the molecule is COC(=O)c1c(CCCO)c2ccc(Cl)c(-c3c(C)nn(C)c3CSCc3cc(CSc4cc(O)c5ncccc5c4)n(C)n3)c2n1C. The first kappa shape index (κ1) is 33.9. The fourth-order valence-corrected chi connectivity index (χ4v) is 8.53. The summed E-state index contributed by atoms with van der Waals surface area (Å²) < 4.78 is 10.8. The lowest BCUT2D eigenvalue weighted by Crippen LogP contribution is -2.10. The Morgan fingerprint density at radius 3 is 2.60 bits per heavy atom. The lowest BCUT2D eigenvalue weighted by molar-refractivity contribution is 0.0589. The maximum Gasteiger partial charge on any atom is 0.354 e. The number of halogens is 1. The number of nitrogens with zero attached hydrogens (tertiary/aromatic N) is 6. The van der Waals surface area contributed by atoms with E-state index in [-0.39, 0.29) is 12.4 Å². The number of aryl methyl sites for hydroxylation is 5. The molecule has 4 heterocycles. The molecule has 0 aliphatic rings. The zero-order chi connectivity index (χ0) is 34.1. The number of pyridine rings is 1. The van der Waals surface area contributed by atoms with E-state index < -0.39 is 5.97 Å². The van der Waals surface area contributed by atoms with Gasteiger partial charge in [-0.2, -0.15) is 10.2 Å². The first-order chi connectivity index (χ1) is 23.1. The molecule has 48 heavy (non-hydrogen) atoms. The van der Waals surface area contributed by atoms with E-state index in [1.165, 1.54) is 7.11 Å². The van der Waals surface area contributed by atoms with Gasteiger partial charge in [-0.3, -0.25) is 14.3 Å². The molecule has 0 aliphatic carbocycles. The van der Waals surface area contributed by atoms with Gasteiger partial charge < -0.3 is 19.5 Å². The molecule has 0 saturated carbocycles. The molecule has 6 aromatic rings. The molecule has 0 bridgehead atoms. The predicted octanol–water partition coefficient (Wildman–Crippen LogP) is 6.97. The third-order valence-corrected chi connectivity index (χ3v) is 10.8. The van der Waals surface area contributed by atoms with Crippen molar-refractivity contribution in [1.29, 1.82) is 0 Å². The number of rotatable bonds is 12. The summed E-state index contributed by atoms with van der Waals surface area (Å²) >= 11 is 10.3. The standard InChI is InChI=1S/C35H37ClN6O4S2/c1-20-30(31-27(36)11-10-26-25(9-7-13-43)34(35(45)46-5)40(2)33(26)31)28(42(4)38-20)19-47-17-22-15-23(41(3)39-22)18-48-24-14-21-8-6-12-37-32(21)29(44)16-24/h6,8,10-12,14-16,43-44H,7,9,13,17-19H2,1-5H3. The second-order valence-corrected chi connectivity index (χ2v) is 14.0. The molecule has 6 rings (SSSR count). The maximum atomic E-state index is 13.0. The van der Waals surface area contributed by atoms with E-state index in [1.807, 2.05) is 72.3 Å². The van der Waals surface area contributed by atoms with Crippen LogP contribution in [0, 0.1) is 6.92 Å². The molecule has 0 unspecified atom stereocenters. The van der Waals surface area contributed by atoms with Crippen molar-refractivity contribution < 1.29 is 19.7 Å². The number of phenols is 1. The summed E-state index contributed by atoms with van der Waals surface area (Å²) in [6.45, 7) is 1.99. The van der Waals surface area contributed by atoms with Crippen LogP contribution in [0.1, 0.15) is 45.2 Å². The van der Waals surface area contributed by atoms with Crippen LogP contribution in [0.2, 0.25) is 5.02 Å². The normalized spacial score (nSPS) is 11.6. The lowest BCUT2D eigenvalue weighted by atomic mass is 9.98. The van der Waals surface area contributed by atoms with Crippen molar-refractivity contribution in [1.82, 2.24) is 29.1 Å². The van der Waals surface area contributed by atoms with Gasteiger partial charge in [0.15, 0.2) is 0 Å². The summed E-state index contributed by atoms with van der Waals surface area (Å²) in [5.41, 5.74) is 8.41. The van der Waals surface area contributed by atoms with Gasteiger partial charge in [0.25, 0.3) is 0 Å². The minimum absolute atomic E-state index is 0.0179. The average Bonchev–Trinajstić information content (AvgIpc) is 3.67. The van der Waals surface area contributed by atoms with Crippen molar-refractivity contribution >= 4 is 62.9 Å². The number of hydrogen-bond acceptors (Lipinski definition) is 9. The fraction of sp³-hybridized carbons (Fsp3) is 0.314. The molecule has 0 amide bonds. The van der Waals surface area contributed by atoms with Crippen LogP contribution in [-0.4, -0.2) is 59.0 Å². The van der Waals surface area contributed by atoms with Crippen LogP contribution >= 0.6 is 35.1 Å². The zero-order valence-electron chi connectivity index (χ0n) is 27.5. The molecule has 0 radical (unpaired) electrons. The highest BCUT2D eigenvalue weighted by Gasteiger charge is 2.27. The smallest absolute Gasteiger partial charge is 0.354 e. The Bertz CT molecular complexity index is 2150. The van der Waals surface area contributed by atoms with E-state index in [1.54, 1.807) is 35.8 Å². The number of hydrogen-bond donors (Lipinski definition) is 2. The number of aromatic hydroxyl groups is 1. The molecular formula is C35H37ClN6O4S2. The molecule has 250 valence electrons. The van der Waals surface area contributed by atoms with Crippen LogP contribution in [0.25, 0.3) is 32.9 Å². The quantitative estimate of drug-likeness (QED) is 0.103. The summed E-state index contributed by atoms with van der Waals surface area (Å²) in [5, 5.41) is 31.9. The number of ether oxygens (including phenoxy) is 1. The first-order valence-corrected chi connectivity index (χ1v) is 18.0. The number of thioether (sulfide) groups is 2. The first-order valence-electron chi connectivity index (χ1n) is 15.4. The van der Waals surface area contributed by atoms with Gasteiger partial charge in [0.1, 0.15) is 17.0 Å². The van der Waals surface area contributed by atoms with Gasteiger partial charge in [-0.15, -0.1) is 23.5 Å². The van der Waals surface area contributed by atoms with Crippen LogP contribution in [0.3, 0.4) is 0 Å². The fourth-order valence-electron chi connectivity index (χ4n) is 6.32. The van der Waals surface area contributed by atoms with E-state index in [0.29, 0.717) is 46.3 Å². The van der Waals surface area contributed by atoms with E-state index in [4.69, 9.17) is 26.5 Å². The number of aliphatic hydroxyl groups is 1. The Hall–Kier alpha value is -3.97. The van der Waals surface area contributed by atoms with Gasteiger partial charge in [-0.05, 0) is 55.7 Å². The van der Waals surface area contributed by atoms with E-state index >= 15 is 0 Å². The van der Waals surface area contributed by atoms with Crippen molar-refractivity contribution in [2.45, 2.75) is 41.9 Å². The van der Waals surface area contributed by atoms with Gasteiger partial charge in [-0.25, -0.2) is 4.79 Å². The maximum absolute atomic E-state index is 13.0. The van der Waals surface area contributed by atoms with Crippen LogP contribution in [0.4, 0.5) is 0 Å². The Balaban J connectivity index is 1.24. The van der Waals surface area contributed by atoms with Crippen molar-refractivity contribution in [3.05, 3.63) is 87.7 Å². The van der Waals surface area contributed by atoms with Crippen LogP contribution in [0.15, 0.2) is 53.6 Å². The molecule has 2 N–H and O–H groups in total. The van der Waals surface area contributed by atoms with E-state index in [0.717, 1.165) is 60.7 Å². The van der Waals surface area contributed by atoms with Crippen molar-refractivity contribution in [3.63, 3.8) is 0 Å². The molecule has 10 nitrogen and oxygen atoms in total. The molecule has 2 aromatic carbocycles. The van der Waals surface area contributed by atoms with Gasteiger partial charge in [0.2, 0.25) is 0 Å². The predicted molar refractivity (Wildman–Crippen MR) is 193 cm³/mol. The minimum atomic E-state index is -0.428. The molecule has 0 spiro atoms. The van der Waals surface area contributed by atoms with Crippen molar-refractivity contribution in [2.75, 3.05) is 13.7 Å². The van der Waals surface area contributed by atoms with Gasteiger partial charge in [0, 0.05) is 83.7 Å². The minimum Gasteiger partial charge on any atom is -0.506 e. The number of carbonyl (C=O) groups excluding carboxylic acids is 1. The van der Waals surface area contributed by atoms with Gasteiger partial charge in [-0.1, -0.05) is 23.7 Å². The zero-order valence-corrected chi connectivity index (χ0v) is 29.8. The highest BCUT2D eigenvalue weighted by molar-refractivity contribution is 7.98. The van der Waals surface area contributed by atoms with Crippen molar-refractivity contribution in [2.24, 2.45) is 21.1 Å². The second-order valence-electron chi connectivity index (χ2n) is 11.6. The second kappa shape index (κ2) is 14.3. The average molecular weight is 705 g/mol. The third-order valence-electron chi connectivity index (χ3n) is 8.52. The summed E-state index contributed by atoms with van der Waals surface area (Å²) in [5.74, 6) is 1.82. The monoisotopic (exact) mass is 704 g/mol.